The number of allylic oxidation sites excluding steroid dienone is 2. The van der Waals surface area contributed by atoms with Gasteiger partial charge in [0.25, 0.3) is 0 Å². The highest BCUT2D eigenvalue weighted by molar-refractivity contribution is 6.33. The van der Waals surface area contributed by atoms with Gasteiger partial charge in [0.05, 0.1) is 18.5 Å². The maximum Gasteiger partial charge on any atom is 0.411 e. The van der Waals surface area contributed by atoms with Crippen LogP contribution in [0.25, 0.3) is 5.70 Å². The number of rotatable bonds is 4. The molecule has 2 heterocycles. The summed E-state index contributed by atoms with van der Waals surface area (Å²) in [4.78, 5) is 36.1. The summed E-state index contributed by atoms with van der Waals surface area (Å²) < 4.78 is 10.4. The Hall–Kier alpha value is -3.81. The van der Waals surface area contributed by atoms with Crippen molar-refractivity contribution in [2.75, 3.05) is 6.54 Å². The van der Waals surface area contributed by atoms with Crippen LogP contribution in [0, 0.1) is 0 Å². The van der Waals surface area contributed by atoms with Crippen LogP contribution >= 0.6 is 0 Å². The molecule has 1 aromatic carbocycles. The summed E-state index contributed by atoms with van der Waals surface area (Å²) >= 11 is 0. The second-order valence-electron chi connectivity index (χ2n) is 5.60. The molecule has 3 rings (SSSR count). The highest BCUT2D eigenvalue weighted by atomic mass is 16.5. The smallest absolute Gasteiger partial charge is 0.411 e. The first-order valence-corrected chi connectivity index (χ1v) is 8.02. The summed E-state index contributed by atoms with van der Waals surface area (Å²) in [6, 6.07) is 12.4. The third kappa shape index (κ3) is 4.43. The largest absolute Gasteiger partial charge is 0.474 e. The Morgan fingerprint density at radius 2 is 1.89 bits per heavy atom. The molecular formula is C19H16N2O6. The summed E-state index contributed by atoms with van der Waals surface area (Å²) in [6.45, 7) is -0.0523. The lowest BCUT2D eigenvalue weighted by atomic mass is 10.1. The van der Waals surface area contributed by atoms with Gasteiger partial charge in [-0.1, -0.05) is 30.3 Å². The summed E-state index contributed by atoms with van der Waals surface area (Å²) in [5.41, 5.74) is 1.43. The Labute approximate surface area is 154 Å². The van der Waals surface area contributed by atoms with Gasteiger partial charge in [0.2, 0.25) is 0 Å². The number of nitrogens with one attached hydrogen (secondary N) is 1. The molecule has 2 amide bonds. The zero-order chi connectivity index (χ0) is 19.2. The summed E-state index contributed by atoms with van der Waals surface area (Å²) in [5, 5.41) is 11.6. The fraction of sp³-hybridized carbons (Fsp3) is 0.105. The molecule has 0 aliphatic carbocycles. The van der Waals surface area contributed by atoms with E-state index in [9.17, 15) is 14.4 Å². The molecule has 1 aliphatic rings. The maximum atomic E-state index is 12.0. The van der Waals surface area contributed by atoms with Crippen LogP contribution in [-0.2, 0) is 20.9 Å². The van der Waals surface area contributed by atoms with Crippen molar-refractivity contribution < 1.29 is 28.6 Å². The molecule has 27 heavy (non-hydrogen) atoms. The first-order chi connectivity index (χ1) is 13.0. The minimum atomic E-state index is -1.61. The Bertz CT molecular complexity index is 900. The molecule has 0 radical (unpaired) electrons. The number of aliphatic carboxylic acids is 1. The van der Waals surface area contributed by atoms with Gasteiger partial charge in [-0.2, -0.15) is 0 Å². The molecule has 0 unspecified atom stereocenters. The van der Waals surface area contributed by atoms with Crippen LogP contribution < -0.4 is 5.32 Å². The van der Waals surface area contributed by atoms with E-state index in [1.807, 2.05) is 30.3 Å². The van der Waals surface area contributed by atoms with Crippen LogP contribution in [0.5, 0.6) is 0 Å². The van der Waals surface area contributed by atoms with E-state index in [-0.39, 0.29) is 18.8 Å². The molecular weight excluding hydrogens is 352 g/mol. The lowest BCUT2D eigenvalue weighted by Gasteiger charge is -2.26. The van der Waals surface area contributed by atoms with Gasteiger partial charge in [-0.05, 0) is 29.8 Å². The summed E-state index contributed by atoms with van der Waals surface area (Å²) in [7, 11) is 0. The van der Waals surface area contributed by atoms with Crippen molar-refractivity contribution in [3.8, 4) is 0 Å². The number of hydrogen-bond acceptors (Lipinski definition) is 5. The van der Waals surface area contributed by atoms with E-state index in [1.165, 1.54) is 12.3 Å². The van der Waals surface area contributed by atoms with Crippen LogP contribution in [-0.4, -0.2) is 34.5 Å². The van der Waals surface area contributed by atoms with Crippen LogP contribution in [0.3, 0.4) is 0 Å². The second-order valence-corrected chi connectivity index (χ2v) is 5.60. The number of hydrogen-bond donors (Lipinski definition) is 2. The van der Waals surface area contributed by atoms with Crippen molar-refractivity contribution in [3.05, 3.63) is 77.9 Å². The van der Waals surface area contributed by atoms with Gasteiger partial charge in [-0.15, -0.1) is 0 Å². The van der Waals surface area contributed by atoms with Crippen LogP contribution in [0.2, 0.25) is 0 Å². The molecule has 0 bridgehead atoms. The van der Waals surface area contributed by atoms with Gasteiger partial charge in [0.1, 0.15) is 12.4 Å². The molecule has 2 aromatic rings. The van der Waals surface area contributed by atoms with E-state index >= 15 is 0 Å². The molecule has 0 saturated carbocycles. The van der Waals surface area contributed by atoms with E-state index in [4.69, 9.17) is 14.3 Å². The third-order valence-electron chi connectivity index (χ3n) is 3.74. The predicted molar refractivity (Wildman–Crippen MR) is 93.9 cm³/mol. The first kappa shape index (κ1) is 18.0. The number of carbonyl (C=O) groups excluding carboxylic acids is 2. The average molecular weight is 368 g/mol. The summed E-state index contributed by atoms with van der Waals surface area (Å²) in [5.74, 6) is -2.41. The Balaban J connectivity index is 1.69. The third-order valence-corrected chi connectivity index (χ3v) is 3.74. The molecule has 0 spiro atoms. The SMILES string of the molecule is O=C(NC1=CC=C(c2ccco2)N(C(=O)C(=O)O)C1)OCc1ccccc1. The highest BCUT2D eigenvalue weighted by Crippen LogP contribution is 2.24. The minimum absolute atomic E-state index is 0.0885. The number of amides is 2. The molecule has 2 N–H and O–H groups in total. The van der Waals surface area contributed by atoms with Crippen LogP contribution in [0.1, 0.15) is 11.3 Å². The lowest BCUT2D eigenvalue weighted by molar-refractivity contribution is -0.153. The molecule has 8 heteroatoms. The zero-order valence-electron chi connectivity index (χ0n) is 14.1. The molecule has 0 atom stereocenters. The van der Waals surface area contributed by atoms with Gasteiger partial charge in [-0.3, -0.25) is 15.0 Å². The molecule has 1 aliphatic heterocycles. The standard InChI is InChI=1S/C19H16N2O6/c22-17(18(23)24)21-11-14(8-9-15(21)16-7-4-10-26-16)20-19(25)27-12-13-5-2-1-3-6-13/h1-10H,11-12H2,(H,20,25)(H,23,24). The van der Waals surface area contributed by atoms with E-state index in [0.29, 0.717) is 11.5 Å². The quantitative estimate of drug-likeness (QED) is 0.802. The summed E-state index contributed by atoms with van der Waals surface area (Å²) in [6.07, 6.45) is 3.77. The van der Waals surface area contributed by atoms with E-state index < -0.39 is 18.0 Å². The number of benzene rings is 1. The van der Waals surface area contributed by atoms with E-state index in [1.54, 1.807) is 18.2 Å². The van der Waals surface area contributed by atoms with Gasteiger partial charge < -0.3 is 14.3 Å². The van der Waals surface area contributed by atoms with Gasteiger partial charge in [0, 0.05) is 5.70 Å². The van der Waals surface area contributed by atoms with Crippen molar-refractivity contribution in [3.63, 3.8) is 0 Å². The van der Waals surface area contributed by atoms with E-state index in [2.05, 4.69) is 5.32 Å². The van der Waals surface area contributed by atoms with Crippen LogP contribution in [0.15, 0.2) is 71.0 Å². The van der Waals surface area contributed by atoms with Crippen molar-refractivity contribution in [2.45, 2.75) is 6.61 Å². The Morgan fingerprint density at radius 1 is 1.11 bits per heavy atom. The predicted octanol–water partition coefficient (Wildman–Crippen LogP) is 2.36. The monoisotopic (exact) mass is 368 g/mol. The first-order valence-electron chi connectivity index (χ1n) is 8.02. The number of carboxylic acid groups (broad SMARTS) is 1. The zero-order valence-corrected chi connectivity index (χ0v) is 14.1. The van der Waals surface area contributed by atoms with Gasteiger partial charge in [-0.25, -0.2) is 9.59 Å². The van der Waals surface area contributed by atoms with Crippen LogP contribution in [0.4, 0.5) is 4.79 Å². The van der Waals surface area contributed by atoms with Gasteiger partial charge >= 0.3 is 18.0 Å². The molecule has 8 nitrogen and oxygen atoms in total. The van der Waals surface area contributed by atoms with Gasteiger partial charge in [0.15, 0.2) is 0 Å². The fourth-order valence-electron chi connectivity index (χ4n) is 2.49. The number of alkyl carbamates (subject to hydrolysis) is 1. The number of furan rings is 1. The van der Waals surface area contributed by atoms with E-state index in [0.717, 1.165) is 10.5 Å². The number of ether oxygens (including phenoxy) is 1. The lowest BCUT2D eigenvalue weighted by Crippen LogP contribution is -2.41. The molecule has 0 fully saturated rings. The highest BCUT2D eigenvalue weighted by Gasteiger charge is 2.29. The Kier molecular flexibility index (Phi) is 5.36. The topological polar surface area (TPSA) is 109 Å². The minimum Gasteiger partial charge on any atom is -0.474 e. The molecule has 0 saturated heterocycles. The Morgan fingerprint density at radius 3 is 2.56 bits per heavy atom. The average Bonchev–Trinajstić information content (AvgIpc) is 3.21. The maximum absolute atomic E-state index is 12.0. The van der Waals surface area contributed by atoms with Crippen molar-refractivity contribution in [1.29, 1.82) is 0 Å². The van der Waals surface area contributed by atoms with Crippen molar-refractivity contribution in [1.82, 2.24) is 10.2 Å². The fourth-order valence-corrected chi connectivity index (χ4v) is 2.49. The van der Waals surface area contributed by atoms with Crippen molar-refractivity contribution in [2.24, 2.45) is 0 Å². The normalized spacial score (nSPS) is 13.4. The number of nitrogens with zero attached hydrogens (tertiary/aromatic N) is 1. The molecule has 138 valence electrons. The number of carboxylic acids is 1. The second kappa shape index (κ2) is 8.05. The van der Waals surface area contributed by atoms with Crippen molar-refractivity contribution >= 4 is 23.7 Å². The molecule has 1 aromatic heterocycles. The number of carbonyl (C=O) groups is 3.